The van der Waals surface area contributed by atoms with Crippen LogP contribution >= 0.6 is 0 Å². The van der Waals surface area contributed by atoms with Crippen molar-refractivity contribution in [3.05, 3.63) is 65.7 Å². The summed E-state index contributed by atoms with van der Waals surface area (Å²) in [5.41, 5.74) is 4.05. The number of nitrogens with one attached hydrogen (secondary N) is 2. The van der Waals surface area contributed by atoms with E-state index >= 15 is 0 Å². The average molecular weight is 296 g/mol. The van der Waals surface area contributed by atoms with Crippen LogP contribution in [0.5, 0.6) is 0 Å². The predicted molar refractivity (Wildman–Crippen MR) is 96.3 cm³/mol. The summed E-state index contributed by atoms with van der Waals surface area (Å²) in [5.74, 6) is 0. The van der Waals surface area contributed by atoms with Crippen molar-refractivity contribution < 1.29 is 0 Å². The van der Waals surface area contributed by atoms with E-state index in [2.05, 4.69) is 86.9 Å². The largest absolute Gasteiger partial charge is 0.382 e. The van der Waals surface area contributed by atoms with Gasteiger partial charge in [-0.2, -0.15) is 0 Å². The summed E-state index contributed by atoms with van der Waals surface area (Å²) in [7, 11) is 0. The molecule has 2 N–H and O–H groups in total. The molecule has 0 aliphatic heterocycles. The smallest absolute Gasteiger partial charge is 0.0342 e. The Bertz CT molecular complexity index is 553. The van der Waals surface area contributed by atoms with Gasteiger partial charge >= 0.3 is 0 Å². The third-order valence-corrected chi connectivity index (χ3v) is 3.57. The van der Waals surface area contributed by atoms with Crippen LogP contribution in [0.15, 0.2) is 54.6 Å². The molecule has 2 aromatic carbocycles. The molecule has 22 heavy (non-hydrogen) atoms. The molecule has 0 spiro atoms. The van der Waals surface area contributed by atoms with Crippen LogP contribution in [0, 0.1) is 0 Å². The Balaban J connectivity index is 1.85. The molecular formula is C20H28N2. The molecule has 1 unspecified atom stereocenters. The highest BCUT2D eigenvalue weighted by Crippen LogP contribution is 2.12. The van der Waals surface area contributed by atoms with Gasteiger partial charge in [-0.1, -0.05) is 42.5 Å². The van der Waals surface area contributed by atoms with Crippen LogP contribution in [0.3, 0.4) is 0 Å². The van der Waals surface area contributed by atoms with Gasteiger partial charge in [0.15, 0.2) is 0 Å². The Morgan fingerprint density at radius 1 is 0.864 bits per heavy atom. The lowest BCUT2D eigenvalue weighted by Gasteiger charge is -2.20. The van der Waals surface area contributed by atoms with Gasteiger partial charge in [0.2, 0.25) is 0 Å². The molecule has 0 fully saturated rings. The van der Waals surface area contributed by atoms with Gasteiger partial charge < -0.3 is 10.6 Å². The van der Waals surface area contributed by atoms with Crippen LogP contribution in [-0.2, 0) is 13.0 Å². The molecule has 0 aliphatic rings. The first kappa shape index (κ1) is 16.6. The van der Waals surface area contributed by atoms with Gasteiger partial charge in [-0.15, -0.1) is 0 Å². The average Bonchev–Trinajstić information content (AvgIpc) is 2.47. The fourth-order valence-corrected chi connectivity index (χ4v) is 2.38. The molecule has 0 aliphatic carbocycles. The fourth-order valence-electron chi connectivity index (χ4n) is 2.38. The molecule has 0 amide bonds. The van der Waals surface area contributed by atoms with Crippen LogP contribution in [0.4, 0.5) is 5.69 Å². The van der Waals surface area contributed by atoms with Crippen molar-refractivity contribution >= 4 is 5.69 Å². The second-order valence-electron chi connectivity index (χ2n) is 7.04. The van der Waals surface area contributed by atoms with Gasteiger partial charge in [-0.05, 0) is 57.4 Å². The second kappa shape index (κ2) is 7.46. The molecular weight excluding hydrogens is 268 g/mol. The van der Waals surface area contributed by atoms with Crippen molar-refractivity contribution in [2.45, 2.75) is 52.2 Å². The Hall–Kier alpha value is -1.80. The number of benzene rings is 2. The van der Waals surface area contributed by atoms with Gasteiger partial charge in [-0.25, -0.2) is 0 Å². The number of para-hydroxylation sites is 1. The maximum atomic E-state index is 3.54. The highest BCUT2D eigenvalue weighted by atomic mass is 14.9. The predicted octanol–water partition coefficient (Wildman–Crippen LogP) is 4.62. The first-order valence-electron chi connectivity index (χ1n) is 8.07. The monoisotopic (exact) mass is 296 g/mol. The molecule has 2 rings (SSSR count). The van der Waals surface area contributed by atoms with E-state index in [1.54, 1.807) is 0 Å². The van der Waals surface area contributed by atoms with E-state index in [0.717, 1.165) is 13.0 Å². The van der Waals surface area contributed by atoms with E-state index in [0.29, 0.717) is 6.04 Å². The molecule has 0 saturated heterocycles. The van der Waals surface area contributed by atoms with Crippen molar-refractivity contribution in [3.63, 3.8) is 0 Å². The van der Waals surface area contributed by atoms with Crippen LogP contribution in [-0.4, -0.2) is 11.6 Å². The summed E-state index contributed by atoms with van der Waals surface area (Å²) in [6, 6.07) is 19.7. The molecule has 2 aromatic rings. The van der Waals surface area contributed by atoms with E-state index in [4.69, 9.17) is 0 Å². The molecule has 0 aromatic heterocycles. The maximum Gasteiger partial charge on any atom is 0.0342 e. The molecule has 0 bridgehead atoms. The van der Waals surface area contributed by atoms with Gasteiger partial charge in [0, 0.05) is 23.8 Å². The van der Waals surface area contributed by atoms with E-state index in [1.165, 1.54) is 16.8 Å². The lowest BCUT2D eigenvalue weighted by molar-refractivity contribution is 0.424. The van der Waals surface area contributed by atoms with Crippen LogP contribution in [0.1, 0.15) is 38.8 Å². The van der Waals surface area contributed by atoms with Gasteiger partial charge in [0.05, 0.1) is 0 Å². The van der Waals surface area contributed by atoms with Crippen molar-refractivity contribution in [1.82, 2.24) is 5.32 Å². The summed E-state index contributed by atoms with van der Waals surface area (Å²) >= 11 is 0. The standard InChI is InChI=1S/C20H28N2/c1-16(22-19-8-6-5-7-9-19)14-17-10-12-18(13-11-17)15-21-20(2,3)4/h5-13,16,21-22H,14-15H2,1-4H3. The first-order chi connectivity index (χ1) is 10.4. The topological polar surface area (TPSA) is 24.1 Å². The Kier molecular flexibility index (Phi) is 5.62. The molecule has 0 saturated carbocycles. The minimum absolute atomic E-state index is 0.160. The summed E-state index contributed by atoms with van der Waals surface area (Å²) in [6.07, 6.45) is 1.03. The summed E-state index contributed by atoms with van der Waals surface area (Å²) in [4.78, 5) is 0. The second-order valence-corrected chi connectivity index (χ2v) is 7.04. The van der Waals surface area contributed by atoms with Crippen molar-refractivity contribution in [1.29, 1.82) is 0 Å². The zero-order valence-electron chi connectivity index (χ0n) is 14.2. The third-order valence-electron chi connectivity index (χ3n) is 3.57. The maximum absolute atomic E-state index is 3.54. The van der Waals surface area contributed by atoms with Gasteiger partial charge in [0.25, 0.3) is 0 Å². The molecule has 2 nitrogen and oxygen atoms in total. The normalized spacial score (nSPS) is 12.9. The number of anilines is 1. The molecule has 0 radical (unpaired) electrons. The third kappa shape index (κ3) is 5.90. The van der Waals surface area contributed by atoms with Crippen molar-refractivity contribution in [2.24, 2.45) is 0 Å². The molecule has 0 heterocycles. The van der Waals surface area contributed by atoms with E-state index in [-0.39, 0.29) is 5.54 Å². The Morgan fingerprint density at radius 2 is 1.45 bits per heavy atom. The number of rotatable bonds is 6. The molecule has 2 heteroatoms. The molecule has 118 valence electrons. The Morgan fingerprint density at radius 3 is 2.05 bits per heavy atom. The van der Waals surface area contributed by atoms with Gasteiger partial charge in [0.1, 0.15) is 0 Å². The van der Waals surface area contributed by atoms with Crippen LogP contribution in [0.2, 0.25) is 0 Å². The molecule has 1 atom stereocenters. The zero-order valence-corrected chi connectivity index (χ0v) is 14.2. The summed E-state index contributed by atoms with van der Waals surface area (Å²) in [5, 5.41) is 7.06. The highest BCUT2D eigenvalue weighted by molar-refractivity contribution is 5.43. The Labute approximate surface area is 135 Å². The SMILES string of the molecule is CC(Cc1ccc(CNC(C)(C)C)cc1)Nc1ccccc1. The number of hydrogen-bond acceptors (Lipinski definition) is 2. The lowest BCUT2D eigenvalue weighted by atomic mass is 10.0. The zero-order chi connectivity index (χ0) is 16.0. The highest BCUT2D eigenvalue weighted by Gasteiger charge is 2.08. The summed E-state index contributed by atoms with van der Waals surface area (Å²) in [6.45, 7) is 9.72. The van der Waals surface area contributed by atoms with Crippen molar-refractivity contribution in [2.75, 3.05) is 5.32 Å². The quantitative estimate of drug-likeness (QED) is 0.813. The lowest BCUT2D eigenvalue weighted by Crippen LogP contribution is -2.35. The van der Waals surface area contributed by atoms with E-state index < -0.39 is 0 Å². The van der Waals surface area contributed by atoms with Crippen molar-refractivity contribution in [3.8, 4) is 0 Å². The summed E-state index contributed by atoms with van der Waals surface area (Å²) < 4.78 is 0. The fraction of sp³-hybridized carbons (Fsp3) is 0.400. The number of hydrogen-bond donors (Lipinski definition) is 2. The van der Waals surface area contributed by atoms with E-state index in [9.17, 15) is 0 Å². The first-order valence-corrected chi connectivity index (χ1v) is 8.07. The van der Waals surface area contributed by atoms with E-state index in [1.807, 2.05) is 6.07 Å². The van der Waals surface area contributed by atoms with Crippen LogP contribution in [0.25, 0.3) is 0 Å². The van der Waals surface area contributed by atoms with Gasteiger partial charge in [-0.3, -0.25) is 0 Å². The minimum atomic E-state index is 0.160. The minimum Gasteiger partial charge on any atom is -0.382 e. The van der Waals surface area contributed by atoms with Crippen LogP contribution < -0.4 is 10.6 Å².